The fourth-order valence-corrected chi connectivity index (χ4v) is 2.68. The van der Waals surface area contributed by atoms with Crippen molar-refractivity contribution >= 4 is 17.8 Å². The number of benzene rings is 1. The van der Waals surface area contributed by atoms with Crippen molar-refractivity contribution in [3.8, 4) is 0 Å². The summed E-state index contributed by atoms with van der Waals surface area (Å²) in [6.45, 7) is -0.247. The van der Waals surface area contributed by atoms with E-state index in [1.54, 1.807) is 0 Å². The van der Waals surface area contributed by atoms with E-state index >= 15 is 0 Å². The second-order valence-electron chi connectivity index (χ2n) is 5.92. The molecule has 1 saturated heterocycles. The standard InChI is InChI=1S/C16H18F3N3O3/c1-20(9-10-6-4-5-7-11(10)16(17,18)19)13(23)8-12-14(24)22(3)15(25)21(12)2/h4-7,12H,8-9H2,1-3H3. The van der Waals surface area contributed by atoms with Gasteiger partial charge < -0.3 is 9.80 Å². The monoisotopic (exact) mass is 357 g/mol. The van der Waals surface area contributed by atoms with Crippen LogP contribution < -0.4 is 0 Å². The summed E-state index contributed by atoms with van der Waals surface area (Å²) in [6.07, 6.45) is -4.80. The summed E-state index contributed by atoms with van der Waals surface area (Å²) in [4.78, 5) is 39.2. The first-order chi connectivity index (χ1) is 11.5. The molecule has 136 valence electrons. The second-order valence-corrected chi connectivity index (χ2v) is 5.92. The molecule has 1 aromatic carbocycles. The van der Waals surface area contributed by atoms with Gasteiger partial charge in [-0.1, -0.05) is 18.2 Å². The molecular formula is C16H18F3N3O3. The lowest BCUT2D eigenvalue weighted by Gasteiger charge is -2.22. The minimum Gasteiger partial charge on any atom is -0.341 e. The Balaban J connectivity index is 2.10. The van der Waals surface area contributed by atoms with Gasteiger partial charge >= 0.3 is 12.2 Å². The molecule has 0 spiro atoms. The Morgan fingerprint density at radius 2 is 1.80 bits per heavy atom. The van der Waals surface area contributed by atoms with Gasteiger partial charge in [-0.25, -0.2) is 4.79 Å². The van der Waals surface area contributed by atoms with Crippen LogP contribution in [-0.4, -0.2) is 59.7 Å². The molecule has 1 aliphatic rings. The van der Waals surface area contributed by atoms with Gasteiger partial charge in [-0.05, 0) is 11.6 Å². The molecule has 4 amide bonds. The smallest absolute Gasteiger partial charge is 0.341 e. The number of nitrogens with zero attached hydrogens (tertiary/aromatic N) is 3. The number of halogens is 3. The SMILES string of the molecule is CN(Cc1ccccc1C(F)(F)F)C(=O)CC1C(=O)N(C)C(=O)N1C. The van der Waals surface area contributed by atoms with E-state index < -0.39 is 35.6 Å². The molecule has 25 heavy (non-hydrogen) atoms. The number of amides is 4. The number of imide groups is 1. The Hall–Kier alpha value is -2.58. The van der Waals surface area contributed by atoms with E-state index in [-0.39, 0.29) is 18.5 Å². The van der Waals surface area contributed by atoms with Crippen LogP contribution in [0.1, 0.15) is 17.5 Å². The Kier molecular flexibility index (Phi) is 5.05. The topological polar surface area (TPSA) is 60.9 Å². The molecule has 0 aromatic heterocycles. The Morgan fingerprint density at radius 3 is 2.32 bits per heavy atom. The predicted molar refractivity (Wildman–Crippen MR) is 82.3 cm³/mol. The molecule has 1 fully saturated rings. The molecule has 6 nitrogen and oxygen atoms in total. The van der Waals surface area contributed by atoms with Gasteiger partial charge in [0.05, 0.1) is 12.0 Å². The summed E-state index contributed by atoms with van der Waals surface area (Å²) >= 11 is 0. The average molecular weight is 357 g/mol. The molecule has 1 unspecified atom stereocenters. The summed E-state index contributed by atoms with van der Waals surface area (Å²) in [5.41, 5.74) is -0.844. The highest BCUT2D eigenvalue weighted by Gasteiger charge is 2.42. The van der Waals surface area contributed by atoms with Crippen LogP contribution in [0, 0.1) is 0 Å². The van der Waals surface area contributed by atoms with Gasteiger partial charge in [-0.3, -0.25) is 14.5 Å². The lowest BCUT2D eigenvalue weighted by molar-refractivity contribution is -0.140. The van der Waals surface area contributed by atoms with E-state index in [0.717, 1.165) is 20.8 Å². The van der Waals surface area contributed by atoms with Gasteiger partial charge in [0.25, 0.3) is 5.91 Å². The van der Waals surface area contributed by atoms with E-state index in [9.17, 15) is 27.6 Å². The van der Waals surface area contributed by atoms with Crippen molar-refractivity contribution in [2.45, 2.75) is 25.2 Å². The summed E-state index contributed by atoms with van der Waals surface area (Å²) in [7, 11) is 4.08. The Labute approximate surface area is 142 Å². The number of urea groups is 1. The van der Waals surface area contributed by atoms with Crippen molar-refractivity contribution in [1.29, 1.82) is 0 Å². The van der Waals surface area contributed by atoms with Gasteiger partial charge in [0.2, 0.25) is 5.91 Å². The van der Waals surface area contributed by atoms with Crippen molar-refractivity contribution < 1.29 is 27.6 Å². The largest absolute Gasteiger partial charge is 0.416 e. The van der Waals surface area contributed by atoms with Crippen LogP contribution in [0.3, 0.4) is 0 Å². The average Bonchev–Trinajstić information content (AvgIpc) is 2.72. The zero-order valence-corrected chi connectivity index (χ0v) is 14.0. The Bertz CT molecular complexity index is 705. The van der Waals surface area contributed by atoms with E-state index in [2.05, 4.69) is 0 Å². The number of hydrogen-bond donors (Lipinski definition) is 0. The number of hydrogen-bond acceptors (Lipinski definition) is 3. The van der Waals surface area contributed by atoms with Gasteiger partial charge in [0.15, 0.2) is 0 Å². The van der Waals surface area contributed by atoms with Crippen LogP contribution >= 0.6 is 0 Å². The molecular weight excluding hydrogens is 339 g/mol. The minimum absolute atomic E-state index is 0.0369. The fraction of sp³-hybridized carbons (Fsp3) is 0.438. The predicted octanol–water partition coefficient (Wildman–Crippen LogP) is 1.95. The lowest BCUT2D eigenvalue weighted by Crippen LogP contribution is -2.38. The fourth-order valence-electron chi connectivity index (χ4n) is 2.68. The van der Waals surface area contributed by atoms with E-state index in [0.29, 0.717) is 0 Å². The maximum atomic E-state index is 13.0. The Morgan fingerprint density at radius 1 is 1.20 bits per heavy atom. The molecule has 0 N–H and O–H groups in total. The maximum Gasteiger partial charge on any atom is 0.416 e. The third-order valence-electron chi connectivity index (χ3n) is 4.20. The highest BCUT2D eigenvalue weighted by Crippen LogP contribution is 2.32. The van der Waals surface area contributed by atoms with Gasteiger partial charge in [0, 0.05) is 27.7 Å². The summed E-state index contributed by atoms with van der Waals surface area (Å²) in [5.74, 6) is -1.03. The first-order valence-electron chi connectivity index (χ1n) is 7.47. The van der Waals surface area contributed by atoms with Crippen molar-refractivity contribution in [1.82, 2.24) is 14.7 Å². The molecule has 1 aromatic rings. The highest BCUT2D eigenvalue weighted by molar-refractivity contribution is 6.05. The van der Waals surface area contributed by atoms with Crippen molar-refractivity contribution in [3.05, 3.63) is 35.4 Å². The molecule has 1 heterocycles. The highest BCUT2D eigenvalue weighted by atomic mass is 19.4. The number of carbonyl (C=O) groups is 3. The van der Waals surface area contributed by atoms with Gasteiger partial charge in [-0.2, -0.15) is 13.2 Å². The summed E-state index contributed by atoms with van der Waals surface area (Å²) < 4.78 is 39.1. The number of likely N-dealkylation sites (N-methyl/N-ethyl adjacent to an activating group) is 2. The van der Waals surface area contributed by atoms with Gasteiger partial charge in [-0.15, -0.1) is 0 Å². The first-order valence-corrected chi connectivity index (χ1v) is 7.47. The van der Waals surface area contributed by atoms with Crippen LogP contribution in [0.25, 0.3) is 0 Å². The van der Waals surface area contributed by atoms with Crippen LogP contribution in [0.5, 0.6) is 0 Å². The van der Waals surface area contributed by atoms with E-state index in [1.165, 1.54) is 39.3 Å². The first kappa shape index (κ1) is 18.8. The van der Waals surface area contributed by atoms with Crippen LogP contribution in [0.2, 0.25) is 0 Å². The summed E-state index contributed by atoms with van der Waals surface area (Å²) in [6, 6.07) is 3.54. The number of carbonyl (C=O) groups excluding carboxylic acids is 3. The number of alkyl halides is 3. The molecule has 0 aliphatic carbocycles. The molecule has 9 heteroatoms. The van der Waals surface area contributed by atoms with Crippen molar-refractivity contribution in [2.75, 3.05) is 21.1 Å². The van der Waals surface area contributed by atoms with Crippen molar-refractivity contribution in [3.63, 3.8) is 0 Å². The summed E-state index contributed by atoms with van der Waals surface area (Å²) in [5, 5.41) is 0. The zero-order chi connectivity index (χ0) is 18.9. The van der Waals surface area contributed by atoms with Crippen molar-refractivity contribution in [2.24, 2.45) is 0 Å². The molecule has 0 saturated carbocycles. The molecule has 1 aliphatic heterocycles. The van der Waals surface area contributed by atoms with E-state index in [4.69, 9.17) is 0 Å². The van der Waals surface area contributed by atoms with E-state index in [1.807, 2.05) is 0 Å². The van der Waals surface area contributed by atoms with Crippen LogP contribution in [0.15, 0.2) is 24.3 Å². The molecule has 0 bridgehead atoms. The molecule has 1 atom stereocenters. The van der Waals surface area contributed by atoms with Crippen LogP contribution in [-0.2, 0) is 22.3 Å². The lowest BCUT2D eigenvalue weighted by atomic mass is 10.1. The number of rotatable bonds is 4. The van der Waals surface area contributed by atoms with Gasteiger partial charge in [0.1, 0.15) is 6.04 Å². The maximum absolute atomic E-state index is 13.0. The zero-order valence-electron chi connectivity index (χ0n) is 14.0. The quantitative estimate of drug-likeness (QED) is 0.774. The minimum atomic E-state index is -4.52. The third-order valence-corrected chi connectivity index (χ3v) is 4.20. The molecule has 0 radical (unpaired) electrons. The van der Waals surface area contributed by atoms with Crippen LogP contribution in [0.4, 0.5) is 18.0 Å². The normalized spacial score (nSPS) is 18.1. The molecule has 2 rings (SSSR count). The second kappa shape index (κ2) is 6.73. The third kappa shape index (κ3) is 3.75.